The fraction of sp³-hybridized carbons (Fsp3) is 0.154. The Morgan fingerprint density at radius 3 is 2.55 bits per heavy atom. The Labute approximate surface area is 118 Å². The molecule has 0 spiro atoms. The van der Waals surface area contributed by atoms with E-state index in [1.807, 2.05) is 0 Å². The normalized spacial score (nSPS) is 10.6. The summed E-state index contributed by atoms with van der Waals surface area (Å²) in [7, 11) is 0. The summed E-state index contributed by atoms with van der Waals surface area (Å²) in [5.74, 6) is -2.53. The van der Waals surface area contributed by atoms with Crippen LogP contribution in [-0.4, -0.2) is 26.6 Å². The maximum atomic E-state index is 14.0. The van der Waals surface area contributed by atoms with Crippen LogP contribution in [0.4, 0.5) is 4.39 Å². The van der Waals surface area contributed by atoms with Gasteiger partial charge in [-0.05, 0) is 19.1 Å². The van der Waals surface area contributed by atoms with Crippen LogP contribution >= 0.6 is 11.6 Å². The molecular weight excluding hydrogens is 287 g/mol. The van der Waals surface area contributed by atoms with Crippen LogP contribution in [-0.2, 0) is 0 Å². The largest absolute Gasteiger partial charge is 0.478 e. The average molecular weight is 297 g/mol. The van der Waals surface area contributed by atoms with Gasteiger partial charge in [-0.25, -0.2) is 13.9 Å². The molecule has 104 valence electrons. The minimum Gasteiger partial charge on any atom is -0.478 e. The van der Waals surface area contributed by atoms with E-state index >= 15 is 0 Å². The number of ketones is 1. The van der Waals surface area contributed by atoms with Gasteiger partial charge in [0.1, 0.15) is 16.9 Å². The highest BCUT2D eigenvalue weighted by atomic mass is 35.5. The number of carbonyl (C=O) groups is 2. The van der Waals surface area contributed by atoms with Gasteiger partial charge in [0.05, 0.1) is 10.7 Å². The van der Waals surface area contributed by atoms with Gasteiger partial charge in [0, 0.05) is 6.92 Å². The number of nitrogens with zero attached hydrogens (tertiary/aromatic N) is 2. The Bertz CT molecular complexity index is 725. The van der Waals surface area contributed by atoms with Crippen LogP contribution in [0.15, 0.2) is 18.2 Å². The fourth-order valence-electron chi connectivity index (χ4n) is 1.90. The van der Waals surface area contributed by atoms with Crippen LogP contribution in [0.1, 0.15) is 33.5 Å². The second-order valence-corrected chi connectivity index (χ2v) is 4.56. The van der Waals surface area contributed by atoms with Crippen LogP contribution in [0, 0.1) is 12.7 Å². The second-order valence-electron chi connectivity index (χ2n) is 4.16. The van der Waals surface area contributed by atoms with Crippen molar-refractivity contribution in [1.29, 1.82) is 0 Å². The van der Waals surface area contributed by atoms with E-state index in [-0.39, 0.29) is 27.7 Å². The molecule has 0 amide bonds. The number of benzene rings is 1. The van der Waals surface area contributed by atoms with Crippen LogP contribution < -0.4 is 0 Å². The highest BCUT2D eigenvalue weighted by Gasteiger charge is 2.25. The minimum atomic E-state index is -1.29. The van der Waals surface area contributed by atoms with E-state index in [9.17, 15) is 14.0 Å². The van der Waals surface area contributed by atoms with Crippen LogP contribution in [0.3, 0.4) is 0 Å². The molecule has 20 heavy (non-hydrogen) atoms. The molecule has 5 nitrogen and oxygen atoms in total. The molecule has 1 N–H and O–H groups in total. The summed E-state index contributed by atoms with van der Waals surface area (Å²) >= 11 is 5.69. The molecule has 1 aromatic heterocycles. The third-order valence-electron chi connectivity index (χ3n) is 2.82. The first-order valence-electron chi connectivity index (χ1n) is 5.62. The Morgan fingerprint density at radius 1 is 1.40 bits per heavy atom. The van der Waals surface area contributed by atoms with Crippen LogP contribution in [0.2, 0.25) is 5.02 Å². The zero-order valence-corrected chi connectivity index (χ0v) is 11.4. The number of aromatic nitrogens is 2. The molecule has 2 rings (SSSR count). The Balaban J connectivity index is 2.76. The van der Waals surface area contributed by atoms with Crippen molar-refractivity contribution in [1.82, 2.24) is 9.78 Å². The topological polar surface area (TPSA) is 72.2 Å². The van der Waals surface area contributed by atoms with E-state index in [2.05, 4.69) is 5.10 Å². The fourth-order valence-corrected chi connectivity index (χ4v) is 2.06. The third-order valence-corrected chi connectivity index (χ3v) is 3.11. The lowest BCUT2D eigenvalue weighted by atomic mass is 10.1. The maximum Gasteiger partial charge on any atom is 0.339 e. The zero-order chi connectivity index (χ0) is 15.0. The lowest BCUT2D eigenvalue weighted by Gasteiger charge is -2.06. The van der Waals surface area contributed by atoms with Crippen LogP contribution in [0.25, 0.3) is 5.69 Å². The first-order valence-corrected chi connectivity index (χ1v) is 6.00. The van der Waals surface area contributed by atoms with E-state index in [0.717, 1.165) is 4.68 Å². The summed E-state index contributed by atoms with van der Waals surface area (Å²) in [6.07, 6.45) is 0. The third kappa shape index (κ3) is 2.18. The Morgan fingerprint density at radius 2 is 2.05 bits per heavy atom. The SMILES string of the molecule is CC(=O)c1nn(-c2cccc(Cl)c2F)c(C)c1C(=O)O. The van der Waals surface area contributed by atoms with Gasteiger partial charge in [-0.15, -0.1) is 0 Å². The quantitative estimate of drug-likeness (QED) is 0.884. The molecule has 0 bridgehead atoms. The van der Waals surface area contributed by atoms with Crippen LogP contribution in [0.5, 0.6) is 0 Å². The van der Waals surface area contributed by atoms with E-state index in [1.54, 1.807) is 0 Å². The Hall–Kier alpha value is -2.21. The van der Waals surface area contributed by atoms with Gasteiger partial charge in [0.15, 0.2) is 11.6 Å². The van der Waals surface area contributed by atoms with Crippen molar-refractivity contribution >= 4 is 23.4 Å². The van der Waals surface area contributed by atoms with Crippen molar-refractivity contribution < 1.29 is 19.1 Å². The van der Waals surface area contributed by atoms with E-state index < -0.39 is 17.6 Å². The van der Waals surface area contributed by atoms with E-state index in [0.29, 0.717) is 0 Å². The molecule has 0 aliphatic rings. The average Bonchev–Trinajstić information content (AvgIpc) is 2.71. The van der Waals surface area contributed by atoms with Crippen molar-refractivity contribution in [3.63, 3.8) is 0 Å². The number of carboxylic acid groups (broad SMARTS) is 1. The molecule has 0 saturated carbocycles. The molecule has 1 aromatic carbocycles. The predicted octanol–water partition coefficient (Wildman–Crippen LogP) is 2.87. The Kier molecular flexibility index (Phi) is 3.59. The van der Waals surface area contributed by atoms with Crippen molar-refractivity contribution in [2.24, 2.45) is 0 Å². The highest BCUT2D eigenvalue weighted by Crippen LogP contribution is 2.24. The first-order chi connectivity index (χ1) is 9.34. The van der Waals surface area contributed by atoms with Crippen molar-refractivity contribution in [2.75, 3.05) is 0 Å². The number of rotatable bonds is 3. The summed E-state index contributed by atoms with van der Waals surface area (Å²) in [5.41, 5.74) is -0.305. The summed E-state index contributed by atoms with van der Waals surface area (Å²) in [5, 5.41) is 12.9. The molecule has 0 radical (unpaired) electrons. The highest BCUT2D eigenvalue weighted by molar-refractivity contribution is 6.30. The number of aromatic carboxylic acids is 1. The number of carboxylic acids is 1. The molecule has 0 aliphatic heterocycles. The smallest absolute Gasteiger partial charge is 0.339 e. The number of hydrogen-bond donors (Lipinski definition) is 1. The van der Waals surface area contributed by atoms with Gasteiger partial charge >= 0.3 is 5.97 Å². The number of halogens is 2. The lowest BCUT2D eigenvalue weighted by Crippen LogP contribution is -2.05. The molecular formula is C13H10ClFN2O3. The molecule has 1 heterocycles. The monoisotopic (exact) mass is 296 g/mol. The molecule has 0 saturated heterocycles. The van der Waals surface area contributed by atoms with Gasteiger partial charge in [-0.1, -0.05) is 17.7 Å². The summed E-state index contributed by atoms with van der Waals surface area (Å²) in [6.45, 7) is 2.65. The van der Waals surface area contributed by atoms with Gasteiger partial charge in [-0.3, -0.25) is 4.79 Å². The van der Waals surface area contributed by atoms with Gasteiger partial charge in [-0.2, -0.15) is 5.10 Å². The summed E-state index contributed by atoms with van der Waals surface area (Å²) in [4.78, 5) is 22.7. The molecule has 0 fully saturated rings. The maximum absolute atomic E-state index is 14.0. The summed E-state index contributed by atoms with van der Waals surface area (Å²) < 4.78 is 15.1. The van der Waals surface area contributed by atoms with Gasteiger partial charge in [0.2, 0.25) is 0 Å². The van der Waals surface area contributed by atoms with Crippen molar-refractivity contribution in [2.45, 2.75) is 13.8 Å². The van der Waals surface area contributed by atoms with Crippen molar-refractivity contribution in [3.8, 4) is 5.69 Å². The second kappa shape index (κ2) is 5.05. The zero-order valence-electron chi connectivity index (χ0n) is 10.6. The molecule has 0 aliphatic carbocycles. The lowest BCUT2D eigenvalue weighted by molar-refractivity contribution is 0.0691. The predicted molar refractivity (Wildman–Crippen MR) is 70.2 cm³/mol. The van der Waals surface area contributed by atoms with E-state index in [1.165, 1.54) is 32.0 Å². The van der Waals surface area contributed by atoms with E-state index in [4.69, 9.17) is 16.7 Å². The molecule has 2 aromatic rings. The standard InChI is InChI=1S/C13H10ClFN2O3/c1-6-10(13(19)20)12(7(2)18)16-17(6)9-5-3-4-8(14)11(9)15/h3-5H,1-2H3,(H,19,20). The van der Waals surface area contributed by atoms with Gasteiger partial charge < -0.3 is 5.11 Å². The molecule has 7 heteroatoms. The minimum absolute atomic E-state index is 0.00926. The van der Waals surface area contributed by atoms with Crippen molar-refractivity contribution in [3.05, 3.63) is 46.0 Å². The molecule has 0 unspecified atom stereocenters. The first kappa shape index (κ1) is 14.2. The number of hydrogen-bond acceptors (Lipinski definition) is 3. The summed E-state index contributed by atoms with van der Waals surface area (Å²) in [6, 6.07) is 4.27. The van der Waals surface area contributed by atoms with Gasteiger partial charge in [0.25, 0.3) is 0 Å². The number of Topliss-reactive ketones (excluding diaryl/α,β-unsaturated/α-hetero) is 1. The number of carbonyl (C=O) groups excluding carboxylic acids is 1. The molecule has 0 atom stereocenters.